The Kier molecular flexibility index (Phi) is 3.93. The first-order valence-corrected chi connectivity index (χ1v) is 8.03. The zero-order valence-corrected chi connectivity index (χ0v) is 13.6. The smallest absolute Gasteiger partial charge is 0.354 e. The van der Waals surface area contributed by atoms with Gasteiger partial charge in [0.2, 0.25) is 0 Å². The number of carboxylic acid groups (broad SMARTS) is 1. The lowest BCUT2D eigenvalue weighted by molar-refractivity contribution is 0.0690. The Bertz CT molecular complexity index is 1110. The molecule has 0 amide bonds. The quantitative estimate of drug-likeness (QED) is 0.609. The Balaban J connectivity index is 1.87. The van der Waals surface area contributed by atoms with Crippen molar-refractivity contribution in [2.24, 2.45) is 0 Å². The maximum atomic E-state index is 13.6. The van der Waals surface area contributed by atoms with E-state index in [-0.39, 0.29) is 11.5 Å². The van der Waals surface area contributed by atoms with E-state index >= 15 is 0 Å². The molecule has 0 atom stereocenters. The van der Waals surface area contributed by atoms with E-state index in [2.05, 4.69) is 10.1 Å². The average Bonchev–Trinajstić information content (AvgIpc) is 3.00. The number of aromatic carboxylic acids is 1. The van der Waals surface area contributed by atoms with Crippen molar-refractivity contribution < 1.29 is 14.3 Å². The van der Waals surface area contributed by atoms with Gasteiger partial charge in [-0.3, -0.25) is 0 Å². The molecule has 6 heteroatoms. The van der Waals surface area contributed by atoms with Crippen molar-refractivity contribution >= 4 is 11.5 Å². The summed E-state index contributed by atoms with van der Waals surface area (Å²) in [6.07, 6.45) is 1.72. The second kappa shape index (κ2) is 6.40. The van der Waals surface area contributed by atoms with Gasteiger partial charge in [0.15, 0.2) is 0 Å². The molecule has 0 fully saturated rings. The summed E-state index contributed by atoms with van der Waals surface area (Å²) in [7, 11) is 0. The van der Waals surface area contributed by atoms with Crippen molar-refractivity contribution in [3.8, 4) is 11.3 Å². The number of carboxylic acids is 1. The number of fused-ring (bicyclic) bond motifs is 1. The molecule has 128 valence electrons. The molecular formula is C20H14FN3O2. The molecule has 5 nitrogen and oxygen atoms in total. The molecule has 26 heavy (non-hydrogen) atoms. The lowest BCUT2D eigenvalue weighted by Crippen LogP contribution is -2.03. The summed E-state index contributed by atoms with van der Waals surface area (Å²) in [5.74, 6) is -1.45. The van der Waals surface area contributed by atoms with E-state index in [4.69, 9.17) is 5.11 Å². The molecule has 0 spiro atoms. The van der Waals surface area contributed by atoms with E-state index in [9.17, 15) is 9.18 Å². The first-order valence-electron chi connectivity index (χ1n) is 8.03. The Morgan fingerprint density at radius 1 is 1.04 bits per heavy atom. The van der Waals surface area contributed by atoms with E-state index in [1.165, 1.54) is 22.8 Å². The van der Waals surface area contributed by atoms with Crippen molar-refractivity contribution in [1.82, 2.24) is 14.6 Å². The molecule has 0 saturated carbocycles. The summed E-state index contributed by atoms with van der Waals surface area (Å²) in [6, 6.07) is 17.5. The van der Waals surface area contributed by atoms with Crippen molar-refractivity contribution in [3.63, 3.8) is 0 Å². The zero-order chi connectivity index (χ0) is 18.1. The molecule has 0 aliphatic heterocycles. The van der Waals surface area contributed by atoms with E-state index in [0.29, 0.717) is 12.1 Å². The van der Waals surface area contributed by atoms with Crippen LogP contribution in [-0.2, 0) is 6.42 Å². The van der Waals surface area contributed by atoms with Gasteiger partial charge in [-0.05, 0) is 24.3 Å². The molecule has 1 aromatic carbocycles. The highest BCUT2D eigenvalue weighted by molar-refractivity contribution is 5.85. The van der Waals surface area contributed by atoms with Gasteiger partial charge < -0.3 is 5.11 Å². The fourth-order valence-electron chi connectivity index (χ4n) is 2.96. The monoisotopic (exact) mass is 347 g/mol. The molecule has 0 aliphatic carbocycles. The highest BCUT2D eigenvalue weighted by atomic mass is 19.1. The van der Waals surface area contributed by atoms with Crippen LogP contribution in [0.5, 0.6) is 0 Å². The lowest BCUT2D eigenvalue weighted by atomic mass is 10.0. The summed E-state index contributed by atoms with van der Waals surface area (Å²) < 4.78 is 15.1. The van der Waals surface area contributed by atoms with Crippen LogP contribution in [-0.4, -0.2) is 25.7 Å². The number of halogens is 1. The van der Waals surface area contributed by atoms with Crippen molar-refractivity contribution in [2.75, 3.05) is 0 Å². The number of aromatic nitrogens is 3. The third kappa shape index (κ3) is 2.93. The number of benzene rings is 1. The van der Waals surface area contributed by atoms with Gasteiger partial charge in [-0.15, -0.1) is 0 Å². The van der Waals surface area contributed by atoms with Gasteiger partial charge in [-0.25, -0.2) is 18.7 Å². The highest BCUT2D eigenvalue weighted by Gasteiger charge is 2.16. The van der Waals surface area contributed by atoms with Gasteiger partial charge in [-0.1, -0.05) is 36.4 Å². The maximum Gasteiger partial charge on any atom is 0.354 e. The first kappa shape index (κ1) is 16.0. The fraction of sp³-hybridized carbons (Fsp3) is 0.0500. The standard InChI is InChI=1S/C20H14FN3O2/c21-14-9-10-18-16(11-15-7-4-8-17(22-15)20(25)26)19(23-24(18)12-14)13-5-2-1-3-6-13/h1-10,12H,11H2,(H,25,26). The van der Waals surface area contributed by atoms with Crippen LogP contribution in [0.4, 0.5) is 4.39 Å². The molecular weight excluding hydrogens is 333 g/mol. The predicted octanol–water partition coefficient (Wildman–Crippen LogP) is 3.82. The van der Waals surface area contributed by atoms with E-state index in [1.807, 2.05) is 30.3 Å². The maximum absolute atomic E-state index is 13.6. The molecule has 0 unspecified atom stereocenters. The Morgan fingerprint density at radius 3 is 2.62 bits per heavy atom. The average molecular weight is 347 g/mol. The zero-order valence-electron chi connectivity index (χ0n) is 13.6. The largest absolute Gasteiger partial charge is 0.477 e. The van der Waals surface area contributed by atoms with Crippen LogP contribution in [0.25, 0.3) is 16.8 Å². The van der Waals surface area contributed by atoms with Gasteiger partial charge in [0.1, 0.15) is 11.5 Å². The summed E-state index contributed by atoms with van der Waals surface area (Å²) in [6.45, 7) is 0. The summed E-state index contributed by atoms with van der Waals surface area (Å²) >= 11 is 0. The number of nitrogens with zero attached hydrogens (tertiary/aromatic N) is 3. The van der Waals surface area contributed by atoms with Gasteiger partial charge in [0.05, 0.1) is 17.4 Å². The topological polar surface area (TPSA) is 67.5 Å². The number of pyridine rings is 2. The molecule has 1 N–H and O–H groups in total. The molecule has 0 radical (unpaired) electrons. The van der Waals surface area contributed by atoms with Crippen LogP contribution >= 0.6 is 0 Å². The van der Waals surface area contributed by atoms with Crippen molar-refractivity contribution in [1.29, 1.82) is 0 Å². The summed E-state index contributed by atoms with van der Waals surface area (Å²) in [5, 5.41) is 13.7. The van der Waals surface area contributed by atoms with Crippen LogP contribution in [0.15, 0.2) is 66.9 Å². The van der Waals surface area contributed by atoms with E-state index in [0.717, 1.165) is 22.3 Å². The third-order valence-corrected chi connectivity index (χ3v) is 4.13. The normalized spacial score (nSPS) is 11.0. The fourth-order valence-corrected chi connectivity index (χ4v) is 2.96. The molecule has 0 bridgehead atoms. The Hall–Kier alpha value is -3.54. The van der Waals surface area contributed by atoms with Gasteiger partial charge in [0.25, 0.3) is 0 Å². The van der Waals surface area contributed by atoms with Gasteiger partial charge >= 0.3 is 5.97 Å². The second-order valence-electron chi connectivity index (χ2n) is 5.87. The number of hydrogen-bond acceptors (Lipinski definition) is 3. The molecule has 0 aliphatic rings. The second-order valence-corrected chi connectivity index (χ2v) is 5.87. The SMILES string of the molecule is O=C(O)c1cccc(Cc2c(-c3ccccc3)nn3cc(F)ccc23)n1. The minimum Gasteiger partial charge on any atom is -0.477 e. The lowest BCUT2D eigenvalue weighted by Gasteiger charge is -2.04. The Labute approximate surface area is 148 Å². The molecule has 4 aromatic rings. The Morgan fingerprint density at radius 2 is 1.85 bits per heavy atom. The van der Waals surface area contributed by atoms with Crippen LogP contribution < -0.4 is 0 Å². The van der Waals surface area contributed by atoms with E-state index in [1.54, 1.807) is 18.2 Å². The minimum absolute atomic E-state index is 0.00807. The minimum atomic E-state index is -1.07. The van der Waals surface area contributed by atoms with Gasteiger partial charge in [0, 0.05) is 23.2 Å². The molecule has 3 heterocycles. The molecule has 3 aromatic heterocycles. The number of carbonyl (C=O) groups is 1. The molecule has 4 rings (SSSR count). The summed E-state index contributed by atoms with van der Waals surface area (Å²) in [4.78, 5) is 15.4. The summed E-state index contributed by atoms with van der Waals surface area (Å²) in [5.41, 5.74) is 3.85. The van der Waals surface area contributed by atoms with Crippen molar-refractivity contribution in [3.05, 3.63) is 89.6 Å². The van der Waals surface area contributed by atoms with Crippen molar-refractivity contribution in [2.45, 2.75) is 6.42 Å². The third-order valence-electron chi connectivity index (χ3n) is 4.13. The first-order chi connectivity index (χ1) is 12.6. The molecule has 0 saturated heterocycles. The van der Waals surface area contributed by atoms with E-state index < -0.39 is 5.97 Å². The van der Waals surface area contributed by atoms with Gasteiger partial charge in [-0.2, -0.15) is 5.10 Å². The van der Waals surface area contributed by atoms with Crippen LogP contribution in [0.3, 0.4) is 0 Å². The van der Waals surface area contributed by atoms with Crippen LogP contribution in [0, 0.1) is 5.82 Å². The predicted molar refractivity (Wildman–Crippen MR) is 94.6 cm³/mol. The van der Waals surface area contributed by atoms with Crippen LogP contribution in [0.2, 0.25) is 0 Å². The number of hydrogen-bond donors (Lipinski definition) is 1. The highest BCUT2D eigenvalue weighted by Crippen LogP contribution is 2.28. The number of rotatable bonds is 4. The van der Waals surface area contributed by atoms with Crippen LogP contribution in [0.1, 0.15) is 21.7 Å².